The molecule has 1 N–H and O–H groups in total. The van der Waals surface area contributed by atoms with Crippen LogP contribution in [-0.2, 0) is 4.79 Å². The van der Waals surface area contributed by atoms with Crippen LogP contribution >= 0.6 is 0 Å². The van der Waals surface area contributed by atoms with Gasteiger partial charge in [-0.3, -0.25) is 4.79 Å². The third kappa shape index (κ3) is 3.75. The van der Waals surface area contributed by atoms with E-state index in [4.69, 9.17) is 9.15 Å². The Morgan fingerprint density at radius 1 is 1.21 bits per heavy atom. The summed E-state index contributed by atoms with van der Waals surface area (Å²) in [4.78, 5) is 11.9. The zero-order valence-electron chi connectivity index (χ0n) is 12.8. The quantitative estimate of drug-likeness (QED) is 0.778. The minimum absolute atomic E-state index is 0.0303. The van der Waals surface area contributed by atoms with E-state index < -0.39 is 11.7 Å². The smallest absolute Gasteiger partial charge is 0.262 e. The lowest BCUT2D eigenvalue weighted by molar-refractivity contribution is -0.118. The number of benzene rings is 2. The number of aryl methyl sites for hydroxylation is 1. The van der Waals surface area contributed by atoms with Crippen molar-refractivity contribution in [2.75, 3.05) is 11.9 Å². The zero-order valence-corrected chi connectivity index (χ0v) is 12.8. The SMILES string of the molecule is Cc1nnc(-c2cccc(NC(=O)COc3ccccc3F)c2)o1. The summed E-state index contributed by atoms with van der Waals surface area (Å²) in [7, 11) is 0. The van der Waals surface area contributed by atoms with Crippen LogP contribution in [0.1, 0.15) is 5.89 Å². The number of anilines is 1. The van der Waals surface area contributed by atoms with Crippen molar-refractivity contribution in [3.05, 3.63) is 60.2 Å². The molecular formula is C17H14FN3O3. The first-order valence-electron chi connectivity index (χ1n) is 7.19. The minimum atomic E-state index is -0.515. The molecule has 0 aliphatic heterocycles. The van der Waals surface area contributed by atoms with E-state index in [1.165, 1.54) is 12.1 Å². The van der Waals surface area contributed by atoms with Crippen molar-refractivity contribution < 1.29 is 18.3 Å². The molecule has 0 saturated carbocycles. The van der Waals surface area contributed by atoms with Crippen LogP contribution in [0.3, 0.4) is 0 Å². The second-order valence-electron chi connectivity index (χ2n) is 4.97. The number of halogens is 1. The molecule has 0 radical (unpaired) electrons. The monoisotopic (exact) mass is 327 g/mol. The van der Waals surface area contributed by atoms with Crippen molar-refractivity contribution in [1.29, 1.82) is 0 Å². The molecule has 3 aromatic rings. The number of nitrogens with zero attached hydrogens (tertiary/aromatic N) is 2. The summed E-state index contributed by atoms with van der Waals surface area (Å²) in [6, 6.07) is 12.9. The predicted octanol–water partition coefficient (Wildman–Crippen LogP) is 3.20. The van der Waals surface area contributed by atoms with E-state index in [9.17, 15) is 9.18 Å². The van der Waals surface area contributed by atoms with Gasteiger partial charge < -0.3 is 14.5 Å². The van der Waals surface area contributed by atoms with Gasteiger partial charge in [0.15, 0.2) is 18.2 Å². The highest BCUT2D eigenvalue weighted by atomic mass is 19.1. The summed E-state index contributed by atoms with van der Waals surface area (Å²) >= 11 is 0. The van der Waals surface area contributed by atoms with E-state index in [0.29, 0.717) is 23.0 Å². The largest absolute Gasteiger partial charge is 0.481 e. The topological polar surface area (TPSA) is 77.2 Å². The molecule has 0 atom stereocenters. The molecule has 7 heteroatoms. The average molecular weight is 327 g/mol. The van der Waals surface area contributed by atoms with Crippen molar-refractivity contribution in [1.82, 2.24) is 10.2 Å². The van der Waals surface area contributed by atoms with E-state index in [-0.39, 0.29) is 12.4 Å². The standard InChI is InChI=1S/C17H14FN3O3/c1-11-20-21-17(24-11)12-5-4-6-13(9-12)19-16(22)10-23-15-8-3-2-7-14(15)18/h2-9H,10H2,1H3,(H,19,22). The van der Waals surface area contributed by atoms with Gasteiger partial charge in [-0.2, -0.15) is 0 Å². The predicted molar refractivity (Wildman–Crippen MR) is 85.0 cm³/mol. The highest BCUT2D eigenvalue weighted by molar-refractivity contribution is 5.92. The van der Waals surface area contributed by atoms with Gasteiger partial charge in [0.2, 0.25) is 11.8 Å². The summed E-state index contributed by atoms with van der Waals surface area (Å²) in [6.45, 7) is 1.40. The van der Waals surface area contributed by atoms with Crippen LogP contribution in [0.5, 0.6) is 5.75 Å². The lowest BCUT2D eigenvalue weighted by Crippen LogP contribution is -2.20. The second kappa shape index (κ2) is 6.91. The molecule has 122 valence electrons. The Hall–Kier alpha value is -3.22. The third-order valence-corrected chi connectivity index (χ3v) is 3.11. The molecule has 0 unspecified atom stereocenters. The Morgan fingerprint density at radius 2 is 2.04 bits per heavy atom. The fourth-order valence-electron chi connectivity index (χ4n) is 2.05. The number of nitrogens with one attached hydrogen (secondary N) is 1. The van der Waals surface area contributed by atoms with E-state index in [0.717, 1.165) is 0 Å². The molecule has 0 bridgehead atoms. The minimum Gasteiger partial charge on any atom is -0.481 e. The van der Waals surface area contributed by atoms with Crippen LogP contribution in [0.2, 0.25) is 0 Å². The van der Waals surface area contributed by atoms with Crippen molar-refractivity contribution in [3.8, 4) is 17.2 Å². The molecule has 1 heterocycles. The van der Waals surface area contributed by atoms with Crippen molar-refractivity contribution >= 4 is 11.6 Å². The molecule has 0 aliphatic carbocycles. The van der Waals surface area contributed by atoms with Gasteiger partial charge in [0.05, 0.1) is 0 Å². The normalized spacial score (nSPS) is 10.4. The van der Waals surface area contributed by atoms with E-state index in [2.05, 4.69) is 15.5 Å². The second-order valence-corrected chi connectivity index (χ2v) is 4.97. The molecule has 0 fully saturated rings. The first-order valence-corrected chi connectivity index (χ1v) is 7.19. The van der Waals surface area contributed by atoms with Gasteiger partial charge in [0, 0.05) is 18.2 Å². The Morgan fingerprint density at radius 3 is 2.79 bits per heavy atom. The van der Waals surface area contributed by atoms with Crippen molar-refractivity contribution in [2.45, 2.75) is 6.92 Å². The number of aromatic nitrogens is 2. The van der Waals surface area contributed by atoms with Gasteiger partial charge >= 0.3 is 0 Å². The third-order valence-electron chi connectivity index (χ3n) is 3.11. The van der Waals surface area contributed by atoms with Crippen LogP contribution in [0.15, 0.2) is 52.9 Å². The van der Waals surface area contributed by atoms with Crippen molar-refractivity contribution in [3.63, 3.8) is 0 Å². The molecule has 24 heavy (non-hydrogen) atoms. The van der Waals surface area contributed by atoms with E-state index in [1.54, 1.807) is 43.3 Å². The van der Waals surface area contributed by atoms with Crippen LogP contribution in [0, 0.1) is 12.7 Å². The first kappa shape index (κ1) is 15.7. The summed E-state index contributed by atoms with van der Waals surface area (Å²) in [5, 5.41) is 10.4. The summed E-state index contributed by atoms with van der Waals surface area (Å²) in [5.74, 6) is -0.0668. The van der Waals surface area contributed by atoms with Gasteiger partial charge in [0.1, 0.15) is 0 Å². The first-order chi connectivity index (χ1) is 11.6. The number of carbonyl (C=O) groups is 1. The van der Waals surface area contributed by atoms with Gasteiger partial charge in [0.25, 0.3) is 5.91 Å². The fourth-order valence-corrected chi connectivity index (χ4v) is 2.05. The summed E-state index contributed by atoms with van der Waals surface area (Å²) in [6.07, 6.45) is 0. The van der Waals surface area contributed by atoms with Gasteiger partial charge in [-0.1, -0.05) is 18.2 Å². The van der Waals surface area contributed by atoms with Gasteiger partial charge in [-0.15, -0.1) is 10.2 Å². The maximum atomic E-state index is 13.4. The number of hydrogen-bond donors (Lipinski definition) is 1. The summed E-state index contributed by atoms with van der Waals surface area (Å²) < 4.78 is 23.9. The number of hydrogen-bond acceptors (Lipinski definition) is 5. The Bertz CT molecular complexity index is 864. The van der Waals surface area contributed by atoms with Gasteiger partial charge in [-0.05, 0) is 30.3 Å². The fraction of sp³-hybridized carbons (Fsp3) is 0.118. The Labute approximate surface area is 137 Å². The number of para-hydroxylation sites is 1. The highest BCUT2D eigenvalue weighted by Gasteiger charge is 2.09. The Kier molecular flexibility index (Phi) is 4.51. The van der Waals surface area contributed by atoms with Crippen molar-refractivity contribution in [2.24, 2.45) is 0 Å². The molecule has 6 nitrogen and oxygen atoms in total. The number of rotatable bonds is 5. The maximum absolute atomic E-state index is 13.4. The van der Waals surface area contributed by atoms with E-state index in [1.807, 2.05) is 0 Å². The lowest BCUT2D eigenvalue weighted by Gasteiger charge is -2.08. The van der Waals surface area contributed by atoms with Crippen LogP contribution in [0.4, 0.5) is 10.1 Å². The zero-order chi connectivity index (χ0) is 16.9. The number of carbonyl (C=O) groups excluding carboxylic acids is 1. The number of amides is 1. The average Bonchev–Trinajstić information content (AvgIpc) is 3.01. The van der Waals surface area contributed by atoms with E-state index >= 15 is 0 Å². The summed E-state index contributed by atoms with van der Waals surface area (Å²) in [5.41, 5.74) is 1.23. The molecular weight excluding hydrogens is 313 g/mol. The molecule has 0 spiro atoms. The van der Waals surface area contributed by atoms with Crippen LogP contribution in [-0.4, -0.2) is 22.7 Å². The molecule has 1 aromatic heterocycles. The molecule has 0 aliphatic rings. The maximum Gasteiger partial charge on any atom is 0.262 e. The highest BCUT2D eigenvalue weighted by Crippen LogP contribution is 2.21. The number of ether oxygens (including phenoxy) is 1. The van der Waals surface area contributed by atoms with Crippen LogP contribution in [0.25, 0.3) is 11.5 Å². The van der Waals surface area contributed by atoms with Crippen LogP contribution < -0.4 is 10.1 Å². The molecule has 2 aromatic carbocycles. The molecule has 0 saturated heterocycles. The van der Waals surface area contributed by atoms with Gasteiger partial charge in [-0.25, -0.2) is 4.39 Å². The molecule has 3 rings (SSSR count). The molecule has 1 amide bonds. The lowest BCUT2D eigenvalue weighted by atomic mass is 10.2. The Balaban J connectivity index is 1.63.